The van der Waals surface area contributed by atoms with Crippen LogP contribution in [0, 0.1) is 5.82 Å². The maximum absolute atomic E-state index is 13.3. The Bertz CT molecular complexity index is 946. The summed E-state index contributed by atoms with van der Waals surface area (Å²) in [6.07, 6.45) is 0.753. The van der Waals surface area contributed by atoms with Gasteiger partial charge < -0.3 is 9.73 Å². The van der Waals surface area contributed by atoms with Gasteiger partial charge in [-0.1, -0.05) is 25.1 Å². The minimum Gasteiger partial charge on any atom is -0.417 e. The lowest BCUT2D eigenvalue weighted by Gasteiger charge is -2.09. The molecule has 0 unspecified atom stereocenters. The highest BCUT2D eigenvalue weighted by Gasteiger charge is 2.14. The first-order valence-corrected chi connectivity index (χ1v) is 7.21. The fourth-order valence-electron chi connectivity index (χ4n) is 2.41. The number of hydrogen-bond donors (Lipinski definition) is 1. The molecule has 23 heavy (non-hydrogen) atoms. The molecule has 4 nitrogen and oxygen atoms in total. The first-order valence-electron chi connectivity index (χ1n) is 7.21. The third kappa shape index (κ3) is 2.99. The predicted molar refractivity (Wildman–Crippen MR) is 86.2 cm³/mol. The lowest BCUT2D eigenvalue weighted by molar-refractivity contribution is 0.0993. The molecule has 0 aliphatic rings. The van der Waals surface area contributed by atoms with Gasteiger partial charge >= 0.3 is 5.63 Å². The van der Waals surface area contributed by atoms with Gasteiger partial charge in [0.15, 0.2) is 5.76 Å². The van der Waals surface area contributed by atoms with E-state index in [-0.39, 0.29) is 11.1 Å². The summed E-state index contributed by atoms with van der Waals surface area (Å²) in [5, 5.41) is 3.28. The Hall–Kier alpha value is -2.95. The molecule has 0 saturated heterocycles. The number of rotatable bonds is 3. The molecule has 0 fully saturated rings. The summed E-state index contributed by atoms with van der Waals surface area (Å²) in [4.78, 5) is 24.2. The van der Waals surface area contributed by atoms with Crippen LogP contribution in [0.5, 0.6) is 0 Å². The second-order valence-corrected chi connectivity index (χ2v) is 5.09. The Labute approximate surface area is 131 Å². The SMILES string of the molecule is CCc1ccccc1NC(=O)c1cc2cc(F)ccc2c(=O)o1. The lowest BCUT2D eigenvalue weighted by atomic mass is 10.1. The number of amides is 1. The zero-order chi connectivity index (χ0) is 16.4. The summed E-state index contributed by atoms with van der Waals surface area (Å²) in [6.45, 7) is 1.98. The zero-order valence-corrected chi connectivity index (χ0v) is 12.4. The first-order chi connectivity index (χ1) is 11.1. The molecule has 1 N–H and O–H groups in total. The van der Waals surface area contributed by atoms with E-state index in [0.29, 0.717) is 11.1 Å². The lowest BCUT2D eigenvalue weighted by Crippen LogP contribution is -2.16. The molecule has 0 bridgehead atoms. The Morgan fingerprint density at radius 1 is 1.17 bits per heavy atom. The molecule has 0 radical (unpaired) electrons. The van der Waals surface area contributed by atoms with Crippen LogP contribution in [0.3, 0.4) is 0 Å². The predicted octanol–water partition coefficient (Wildman–Crippen LogP) is 3.75. The highest BCUT2D eigenvalue weighted by atomic mass is 19.1. The van der Waals surface area contributed by atoms with E-state index < -0.39 is 17.3 Å². The van der Waals surface area contributed by atoms with Gasteiger partial charge in [-0.3, -0.25) is 4.79 Å². The molecule has 0 spiro atoms. The molecule has 0 aliphatic heterocycles. The van der Waals surface area contributed by atoms with Crippen LogP contribution in [0.15, 0.2) is 57.7 Å². The van der Waals surface area contributed by atoms with Crippen LogP contribution in [0.2, 0.25) is 0 Å². The van der Waals surface area contributed by atoms with Gasteiger partial charge in [0.25, 0.3) is 5.91 Å². The number of benzene rings is 2. The van der Waals surface area contributed by atoms with Crippen LogP contribution >= 0.6 is 0 Å². The van der Waals surface area contributed by atoms with Crippen molar-refractivity contribution in [2.24, 2.45) is 0 Å². The summed E-state index contributed by atoms with van der Waals surface area (Å²) >= 11 is 0. The van der Waals surface area contributed by atoms with Crippen LogP contribution in [0.25, 0.3) is 10.8 Å². The van der Waals surface area contributed by atoms with Gasteiger partial charge in [-0.2, -0.15) is 0 Å². The van der Waals surface area contributed by atoms with E-state index in [0.717, 1.165) is 12.0 Å². The molecule has 1 aromatic heterocycles. The number of anilines is 1. The van der Waals surface area contributed by atoms with Gasteiger partial charge in [0.05, 0.1) is 5.39 Å². The van der Waals surface area contributed by atoms with Crippen molar-refractivity contribution in [3.8, 4) is 0 Å². The topological polar surface area (TPSA) is 59.3 Å². The molecule has 3 rings (SSSR count). The van der Waals surface area contributed by atoms with Crippen molar-refractivity contribution in [1.82, 2.24) is 0 Å². The number of aryl methyl sites for hydroxylation is 1. The van der Waals surface area contributed by atoms with Crippen molar-refractivity contribution in [3.63, 3.8) is 0 Å². The summed E-state index contributed by atoms with van der Waals surface area (Å²) < 4.78 is 18.4. The van der Waals surface area contributed by atoms with Crippen molar-refractivity contribution >= 4 is 22.4 Å². The average molecular weight is 311 g/mol. The molecule has 1 heterocycles. The van der Waals surface area contributed by atoms with E-state index in [2.05, 4.69) is 5.32 Å². The Morgan fingerprint density at radius 3 is 2.74 bits per heavy atom. The largest absolute Gasteiger partial charge is 0.417 e. The number of carbonyl (C=O) groups excluding carboxylic acids is 1. The molecule has 0 aliphatic carbocycles. The smallest absolute Gasteiger partial charge is 0.344 e. The fourth-order valence-corrected chi connectivity index (χ4v) is 2.41. The third-order valence-electron chi connectivity index (χ3n) is 3.59. The quantitative estimate of drug-likeness (QED) is 0.801. The molecule has 0 atom stereocenters. The van der Waals surface area contributed by atoms with E-state index in [1.807, 2.05) is 19.1 Å². The van der Waals surface area contributed by atoms with E-state index in [1.54, 1.807) is 12.1 Å². The van der Waals surface area contributed by atoms with Crippen molar-refractivity contribution in [2.45, 2.75) is 13.3 Å². The van der Waals surface area contributed by atoms with E-state index in [4.69, 9.17) is 4.42 Å². The van der Waals surface area contributed by atoms with Gasteiger partial charge in [-0.25, -0.2) is 9.18 Å². The second-order valence-electron chi connectivity index (χ2n) is 5.09. The number of fused-ring (bicyclic) bond motifs is 1. The molecule has 3 aromatic rings. The summed E-state index contributed by atoms with van der Waals surface area (Å²) in [5.74, 6) is -1.18. The standard InChI is InChI=1S/C18H14FNO3/c1-2-11-5-3-4-6-15(11)20-17(21)16-10-12-9-13(19)7-8-14(12)18(22)23-16/h3-10H,2H2,1H3,(H,20,21). The molecular weight excluding hydrogens is 297 g/mol. The Morgan fingerprint density at radius 2 is 1.96 bits per heavy atom. The number of carbonyl (C=O) groups is 1. The minimum absolute atomic E-state index is 0.154. The molecule has 116 valence electrons. The summed E-state index contributed by atoms with van der Waals surface area (Å²) in [5.41, 5.74) is 0.952. The highest BCUT2D eigenvalue weighted by molar-refractivity contribution is 6.04. The Kier molecular flexibility index (Phi) is 3.93. The van der Waals surface area contributed by atoms with Crippen LogP contribution in [-0.4, -0.2) is 5.91 Å². The Balaban J connectivity index is 1.99. The first kappa shape index (κ1) is 15.0. The van der Waals surface area contributed by atoms with E-state index in [9.17, 15) is 14.0 Å². The van der Waals surface area contributed by atoms with Crippen molar-refractivity contribution in [2.75, 3.05) is 5.32 Å². The molecular formula is C18H14FNO3. The summed E-state index contributed by atoms with van der Waals surface area (Å²) in [7, 11) is 0. The van der Waals surface area contributed by atoms with Gasteiger partial charge in [-0.15, -0.1) is 0 Å². The van der Waals surface area contributed by atoms with Crippen LogP contribution in [0.1, 0.15) is 23.0 Å². The van der Waals surface area contributed by atoms with E-state index >= 15 is 0 Å². The van der Waals surface area contributed by atoms with Gasteiger partial charge in [0.1, 0.15) is 5.82 Å². The van der Waals surface area contributed by atoms with Gasteiger partial charge in [-0.05, 0) is 47.7 Å². The number of halogens is 1. The van der Waals surface area contributed by atoms with E-state index in [1.165, 1.54) is 24.3 Å². The summed E-state index contributed by atoms with van der Waals surface area (Å²) in [6, 6.07) is 12.4. The molecule has 5 heteroatoms. The maximum atomic E-state index is 13.3. The second kappa shape index (κ2) is 6.04. The van der Waals surface area contributed by atoms with Crippen molar-refractivity contribution in [1.29, 1.82) is 0 Å². The normalized spacial score (nSPS) is 10.7. The van der Waals surface area contributed by atoms with Crippen molar-refractivity contribution in [3.05, 3.63) is 76.1 Å². The number of para-hydroxylation sites is 1. The zero-order valence-electron chi connectivity index (χ0n) is 12.4. The van der Waals surface area contributed by atoms with Gasteiger partial charge in [0, 0.05) is 5.69 Å². The molecule has 2 aromatic carbocycles. The number of hydrogen-bond acceptors (Lipinski definition) is 3. The average Bonchev–Trinajstić information content (AvgIpc) is 2.54. The van der Waals surface area contributed by atoms with Crippen LogP contribution < -0.4 is 10.9 Å². The molecule has 1 amide bonds. The minimum atomic E-state index is -0.670. The monoisotopic (exact) mass is 311 g/mol. The highest BCUT2D eigenvalue weighted by Crippen LogP contribution is 2.18. The van der Waals surface area contributed by atoms with Crippen molar-refractivity contribution < 1.29 is 13.6 Å². The van der Waals surface area contributed by atoms with Crippen LogP contribution in [0.4, 0.5) is 10.1 Å². The molecule has 0 saturated carbocycles. The van der Waals surface area contributed by atoms with Crippen LogP contribution in [-0.2, 0) is 6.42 Å². The third-order valence-corrected chi connectivity index (χ3v) is 3.59. The number of nitrogens with one attached hydrogen (secondary N) is 1. The maximum Gasteiger partial charge on any atom is 0.344 e. The van der Waals surface area contributed by atoms with Gasteiger partial charge in [0.2, 0.25) is 0 Å². The fraction of sp³-hybridized carbons (Fsp3) is 0.111.